The first-order chi connectivity index (χ1) is 9.92. The Morgan fingerprint density at radius 2 is 2.00 bits per heavy atom. The quantitative estimate of drug-likeness (QED) is 0.847. The third-order valence-corrected chi connectivity index (χ3v) is 3.87. The maximum Gasteiger partial charge on any atom is 0.321 e. The predicted molar refractivity (Wildman–Crippen MR) is 85.6 cm³/mol. The summed E-state index contributed by atoms with van der Waals surface area (Å²) in [6, 6.07) is 7.24. The van der Waals surface area contributed by atoms with Gasteiger partial charge in [0, 0.05) is 11.8 Å². The minimum Gasteiger partial charge on any atom is -0.497 e. The van der Waals surface area contributed by atoms with Crippen LogP contribution in [0.3, 0.4) is 0 Å². The fraction of sp³-hybridized carbons (Fsp3) is 0.467. The molecule has 1 aromatic carbocycles. The van der Waals surface area contributed by atoms with Gasteiger partial charge in [-0.2, -0.15) is 0 Å². The Labute approximate surface area is 129 Å². The van der Waals surface area contributed by atoms with Gasteiger partial charge in [0.2, 0.25) is 5.91 Å². The summed E-state index contributed by atoms with van der Waals surface area (Å²) in [4.78, 5) is 23.3. The van der Waals surface area contributed by atoms with Crippen LogP contribution in [0.1, 0.15) is 26.3 Å². The molecule has 1 aromatic rings. The van der Waals surface area contributed by atoms with E-state index in [4.69, 9.17) is 4.74 Å². The standard InChI is InChI=1S/C15H22N2O3S/c1-10(2)16-15(19)17-14(18)11(3)21-9-12-6-5-7-13(8-12)20-4/h5-8,10-11H,9H2,1-4H3,(H2,16,17,18,19)/t11-/m0/s1. The number of nitrogens with one attached hydrogen (secondary N) is 2. The molecule has 0 fully saturated rings. The molecule has 2 N–H and O–H groups in total. The van der Waals surface area contributed by atoms with Gasteiger partial charge >= 0.3 is 6.03 Å². The van der Waals surface area contributed by atoms with Crippen molar-refractivity contribution in [3.8, 4) is 5.75 Å². The number of benzene rings is 1. The molecule has 6 heteroatoms. The molecule has 0 bridgehead atoms. The smallest absolute Gasteiger partial charge is 0.321 e. The molecule has 3 amide bonds. The molecule has 0 radical (unpaired) electrons. The second kappa shape index (κ2) is 8.56. The van der Waals surface area contributed by atoms with Crippen LogP contribution in [0.4, 0.5) is 4.79 Å². The number of carbonyl (C=O) groups is 2. The molecular weight excluding hydrogens is 288 g/mol. The Balaban J connectivity index is 2.43. The summed E-state index contributed by atoms with van der Waals surface area (Å²) in [6.07, 6.45) is 0. The maximum absolute atomic E-state index is 11.9. The largest absolute Gasteiger partial charge is 0.497 e. The Morgan fingerprint density at radius 1 is 1.29 bits per heavy atom. The average molecular weight is 310 g/mol. The highest BCUT2D eigenvalue weighted by Gasteiger charge is 2.16. The minimum atomic E-state index is -0.455. The van der Waals surface area contributed by atoms with E-state index in [1.807, 2.05) is 38.1 Å². The van der Waals surface area contributed by atoms with Crippen molar-refractivity contribution >= 4 is 23.7 Å². The molecule has 0 unspecified atom stereocenters. The van der Waals surface area contributed by atoms with Crippen molar-refractivity contribution in [2.24, 2.45) is 0 Å². The summed E-state index contributed by atoms with van der Waals surface area (Å²) < 4.78 is 5.16. The molecule has 0 aromatic heterocycles. The molecule has 1 atom stereocenters. The van der Waals surface area contributed by atoms with Crippen molar-refractivity contribution in [3.05, 3.63) is 29.8 Å². The summed E-state index contributed by atoms with van der Waals surface area (Å²) in [5.41, 5.74) is 1.07. The summed E-state index contributed by atoms with van der Waals surface area (Å²) in [7, 11) is 1.62. The first-order valence-electron chi connectivity index (χ1n) is 6.78. The number of urea groups is 1. The number of thioether (sulfide) groups is 1. The molecule has 21 heavy (non-hydrogen) atoms. The molecule has 0 saturated heterocycles. The first-order valence-corrected chi connectivity index (χ1v) is 7.83. The van der Waals surface area contributed by atoms with Crippen LogP contribution in [-0.4, -0.2) is 30.3 Å². The van der Waals surface area contributed by atoms with Crippen LogP contribution in [0.15, 0.2) is 24.3 Å². The van der Waals surface area contributed by atoms with E-state index in [1.165, 1.54) is 11.8 Å². The van der Waals surface area contributed by atoms with E-state index in [0.717, 1.165) is 11.3 Å². The van der Waals surface area contributed by atoms with Crippen molar-refractivity contribution in [1.29, 1.82) is 0 Å². The Kier molecular flexibility index (Phi) is 7.08. The number of imide groups is 1. The van der Waals surface area contributed by atoms with E-state index >= 15 is 0 Å². The van der Waals surface area contributed by atoms with Gasteiger partial charge < -0.3 is 10.1 Å². The van der Waals surface area contributed by atoms with Gasteiger partial charge in [-0.1, -0.05) is 12.1 Å². The zero-order valence-electron chi connectivity index (χ0n) is 12.8. The van der Waals surface area contributed by atoms with Crippen molar-refractivity contribution in [2.45, 2.75) is 37.8 Å². The predicted octanol–water partition coefficient (Wildman–Crippen LogP) is 2.55. The number of rotatable bonds is 6. The molecule has 0 aliphatic rings. The van der Waals surface area contributed by atoms with Crippen molar-refractivity contribution in [2.75, 3.05) is 7.11 Å². The molecule has 0 heterocycles. The highest BCUT2D eigenvalue weighted by atomic mass is 32.2. The van der Waals surface area contributed by atoms with Crippen molar-refractivity contribution in [3.63, 3.8) is 0 Å². The number of carbonyl (C=O) groups excluding carboxylic acids is 2. The van der Waals surface area contributed by atoms with E-state index < -0.39 is 6.03 Å². The third kappa shape index (κ3) is 6.53. The average Bonchev–Trinajstić information content (AvgIpc) is 2.43. The first kappa shape index (κ1) is 17.4. The second-order valence-corrected chi connectivity index (χ2v) is 6.25. The van der Waals surface area contributed by atoms with Crippen LogP contribution in [0.5, 0.6) is 5.75 Å². The highest BCUT2D eigenvalue weighted by molar-refractivity contribution is 7.99. The lowest BCUT2D eigenvalue weighted by atomic mass is 10.2. The maximum atomic E-state index is 11.9. The van der Waals surface area contributed by atoms with E-state index in [2.05, 4.69) is 10.6 Å². The molecule has 0 saturated carbocycles. The molecule has 5 nitrogen and oxygen atoms in total. The second-order valence-electron chi connectivity index (χ2n) is 4.92. The monoisotopic (exact) mass is 310 g/mol. The zero-order valence-corrected chi connectivity index (χ0v) is 13.6. The lowest BCUT2D eigenvalue weighted by molar-refractivity contribution is -0.119. The lowest BCUT2D eigenvalue weighted by Gasteiger charge is -2.13. The topological polar surface area (TPSA) is 67.4 Å². The van der Waals surface area contributed by atoms with Gasteiger partial charge in [0.15, 0.2) is 0 Å². The van der Waals surface area contributed by atoms with Gasteiger partial charge in [0.1, 0.15) is 5.75 Å². The van der Waals surface area contributed by atoms with E-state index in [1.54, 1.807) is 14.0 Å². The van der Waals surface area contributed by atoms with Gasteiger partial charge in [-0.05, 0) is 38.5 Å². The third-order valence-electron chi connectivity index (χ3n) is 2.66. The SMILES string of the molecule is COc1cccc(CS[C@@H](C)C(=O)NC(=O)NC(C)C)c1. The summed E-state index contributed by atoms with van der Waals surface area (Å²) in [6.45, 7) is 5.46. The lowest BCUT2D eigenvalue weighted by Crippen LogP contribution is -2.45. The van der Waals surface area contributed by atoms with E-state index in [-0.39, 0.29) is 17.2 Å². The van der Waals surface area contributed by atoms with Crippen LogP contribution in [0.25, 0.3) is 0 Å². The fourth-order valence-corrected chi connectivity index (χ4v) is 2.40. The Bertz CT molecular complexity index is 492. The Hall–Kier alpha value is -1.69. The van der Waals surface area contributed by atoms with Crippen LogP contribution in [-0.2, 0) is 10.5 Å². The van der Waals surface area contributed by atoms with Crippen LogP contribution in [0, 0.1) is 0 Å². The van der Waals surface area contributed by atoms with Crippen molar-refractivity contribution in [1.82, 2.24) is 10.6 Å². The molecule has 0 spiro atoms. The molecular formula is C15H22N2O3S. The number of amides is 3. The number of ether oxygens (including phenoxy) is 1. The minimum absolute atomic E-state index is 0.00228. The van der Waals surface area contributed by atoms with Crippen LogP contribution >= 0.6 is 11.8 Å². The summed E-state index contributed by atoms with van der Waals surface area (Å²) >= 11 is 1.47. The highest BCUT2D eigenvalue weighted by Crippen LogP contribution is 2.21. The van der Waals surface area contributed by atoms with E-state index in [9.17, 15) is 9.59 Å². The van der Waals surface area contributed by atoms with Gasteiger partial charge in [-0.25, -0.2) is 4.79 Å². The van der Waals surface area contributed by atoms with Gasteiger partial charge in [-0.15, -0.1) is 11.8 Å². The van der Waals surface area contributed by atoms with E-state index in [0.29, 0.717) is 5.75 Å². The fourth-order valence-electron chi connectivity index (χ4n) is 1.57. The number of hydrogen-bond donors (Lipinski definition) is 2. The summed E-state index contributed by atoms with van der Waals surface area (Å²) in [5.74, 6) is 1.18. The van der Waals surface area contributed by atoms with Gasteiger partial charge in [0.05, 0.1) is 12.4 Å². The van der Waals surface area contributed by atoms with Crippen LogP contribution in [0.2, 0.25) is 0 Å². The molecule has 0 aliphatic carbocycles. The normalized spacial score (nSPS) is 11.9. The van der Waals surface area contributed by atoms with Crippen molar-refractivity contribution < 1.29 is 14.3 Å². The zero-order chi connectivity index (χ0) is 15.8. The molecule has 1 rings (SSSR count). The molecule has 0 aliphatic heterocycles. The van der Waals surface area contributed by atoms with Crippen LogP contribution < -0.4 is 15.4 Å². The number of methoxy groups -OCH3 is 1. The Morgan fingerprint density at radius 3 is 2.62 bits per heavy atom. The summed E-state index contributed by atoms with van der Waals surface area (Å²) in [5, 5.41) is 4.65. The van der Waals surface area contributed by atoms with Gasteiger partial charge in [-0.3, -0.25) is 10.1 Å². The molecule has 116 valence electrons. The van der Waals surface area contributed by atoms with Gasteiger partial charge in [0.25, 0.3) is 0 Å². The number of hydrogen-bond acceptors (Lipinski definition) is 4.